The first kappa shape index (κ1) is 26.5. The normalized spacial score (nSPS) is 17.8. The van der Waals surface area contributed by atoms with Crippen LogP contribution < -0.4 is 4.90 Å². The Kier molecular flexibility index (Phi) is 9.53. The summed E-state index contributed by atoms with van der Waals surface area (Å²) in [7, 11) is 5.30. The van der Waals surface area contributed by atoms with Crippen molar-refractivity contribution in [2.24, 2.45) is 10.2 Å². The number of non-ortho nitro benzene ring substituents is 1. The number of methoxy groups -OCH3 is 2. The van der Waals surface area contributed by atoms with Crippen molar-refractivity contribution < 1.29 is 19.2 Å². The van der Waals surface area contributed by atoms with Gasteiger partial charge in [0.25, 0.3) is 5.69 Å². The number of carbonyl (C=O) groups is 1. The van der Waals surface area contributed by atoms with Gasteiger partial charge in [-0.2, -0.15) is 5.11 Å². The van der Waals surface area contributed by atoms with Gasteiger partial charge in [-0.15, -0.1) is 5.11 Å². The zero-order valence-corrected chi connectivity index (χ0v) is 20.8. The summed E-state index contributed by atoms with van der Waals surface area (Å²) in [5.74, 6) is 0.126. The lowest BCUT2D eigenvalue weighted by Crippen LogP contribution is -2.38. The van der Waals surface area contributed by atoms with Crippen molar-refractivity contribution >= 4 is 40.3 Å². The Labute approximate surface area is 209 Å². The molecule has 1 heterocycles. The number of anilines is 1. The number of halogens is 1. The van der Waals surface area contributed by atoms with Crippen molar-refractivity contribution in [3.8, 4) is 0 Å². The molecule has 35 heavy (non-hydrogen) atoms. The summed E-state index contributed by atoms with van der Waals surface area (Å²) in [5.41, 5.74) is 1.86. The molecule has 10 nitrogen and oxygen atoms in total. The van der Waals surface area contributed by atoms with E-state index in [0.29, 0.717) is 30.9 Å². The fourth-order valence-electron chi connectivity index (χ4n) is 4.02. The molecule has 0 radical (unpaired) electrons. The van der Waals surface area contributed by atoms with Crippen LogP contribution in [0.25, 0.3) is 0 Å². The topological polar surface area (TPSA) is 110 Å². The summed E-state index contributed by atoms with van der Waals surface area (Å²) in [6.07, 6.45) is 2.05. The second-order valence-electron chi connectivity index (χ2n) is 8.38. The maximum Gasteiger partial charge on any atom is 0.271 e. The number of azo groups is 1. The molecule has 1 aliphatic rings. The molecule has 1 amide bonds. The number of amides is 1. The Bertz CT molecular complexity index is 1050. The van der Waals surface area contributed by atoms with Gasteiger partial charge in [0.1, 0.15) is 5.69 Å². The number of benzene rings is 2. The maximum absolute atomic E-state index is 12.8. The van der Waals surface area contributed by atoms with E-state index in [1.165, 1.54) is 18.2 Å². The molecule has 0 saturated carbocycles. The van der Waals surface area contributed by atoms with E-state index in [1.807, 2.05) is 36.2 Å². The fourth-order valence-corrected chi connectivity index (χ4v) is 4.23. The van der Waals surface area contributed by atoms with Gasteiger partial charge in [0.05, 0.1) is 34.4 Å². The number of rotatable bonds is 11. The molecule has 11 heteroatoms. The molecule has 0 spiro atoms. The number of hydrogen-bond donors (Lipinski definition) is 0. The lowest BCUT2D eigenvalue weighted by atomic mass is 10.2. The second-order valence-corrected chi connectivity index (χ2v) is 8.79. The summed E-state index contributed by atoms with van der Waals surface area (Å²) in [6.45, 7) is 1.85. The summed E-state index contributed by atoms with van der Waals surface area (Å²) >= 11 is 6.05. The monoisotopic (exact) mass is 503 g/mol. The molecule has 0 bridgehead atoms. The van der Waals surface area contributed by atoms with Gasteiger partial charge < -0.3 is 19.3 Å². The van der Waals surface area contributed by atoms with E-state index in [-0.39, 0.29) is 28.8 Å². The minimum Gasteiger partial charge on any atom is -0.383 e. The first-order valence-electron chi connectivity index (χ1n) is 11.3. The lowest BCUT2D eigenvalue weighted by molar-refractivity contribution is -0.384. The Morgan fingerprint density at radius 3 is 2.60 bits per heavy atom. The summed E-state index contributed by atoms with van der Waals surface area (Å²) < 4.78 is 10.7. The van der Waals surface area contributed by atoms with Crippen molar-refractivity contribution in [2.75, 3.05) is 45.9 Å². The van der Waals surface area contributed by atoms with Crippen LogP contribution in [0.5, 0.6) is 0 Å². The molecule has 2 aromatic rings. The van der Waals surface area contributed by atoms with Gasteiger partial charge in [-0.1, -0.05) is 11.6 Å². The van der Waals surface area contributed by atoms with Crippen LogP contribution in [0.3, 0.4) is 0 Å². The van der Waals surface area contributed by atoms with Crippen molar-refractivity contribution in [3.63, 3.8) is 0 Å². The molecule has 1 aliphatic heterocycles. The van der Waals surface area contributed by atoms with Crippen molar-refractivity contribution in [2.45, 2.75) is 31.4 Å². The highest BCUT2D eigenvalue weighted by Crippen LogP contribution is 2.30. The highest BCUT2D eigenvalue weighted by atomic mass is 35.5. The highest BCUT2D eigenvalue weighted by Gasteiger charge is 2.34. The van der Waals surface area contributed by atoms with Crippen LogP contribution in [-0.2, 0) is 14.3 Å². The van der Waals surface area contributed by atoms with Gasteiger partial charge in [0.15, 0.2) is 0 Å². The first-order valence-corrected chi connectivity index (χ1v) is 11.7. The largest absolute Gasteiger partial charge is 0.383 e. The average Bonchev–Trinajstić information content (AvgIpc) is 3.26. The van der Waals surface area contributed by atoms with E-state index in [4.69, 9.17) is 21.1 Å². The quantitative estimate of drug-likeness (QED) is 0.238. The third-order valence-electron chi connectivity index (χ3n) is 5.98. The number of nitrogens with zero attached hydrogens (tertiary/aromatic N) is 5. The molecule has 2 atom stereocenters. The number of likely N-dealkylation sites (tertiary alicyclic amines) is 1. The second kappa shape index (κ2) is 12.6. The zero-order valence-electron chi connectivity index (χ0n) is 20.1. The summed E-state index contributed by atoms with van der Waals surface area (Å²) in [6, 6.07) is 11.6. The smallest absolute Gasteiger partial charge is 0.271 e. The van der Waals surface area contributed by atoms with E-state index < -0.39 is 4.92 Å². The van der Waals surface area contributed by atoms with Gasteiger partial charge in [-0.3, -0.25) is 14.9 Å². The van der Waals surface area contributed by atoms with E-state index in [9.17, 15) is 14.9 Å². The van der Waals surface area contributed by atoms with E-state index in [0.717, 1.165) is 25.1 Å². The molecule has 0 N–H and O–H groups in total. The molecular formula is C24H30ClN5O5. The van der Waals surface area contributed by atoms with Crippen LogP contribution in [0.15, 0.2) is 52.7 Å². The van der Waals surface area contributed by atoms with E-state index in [2.05, 4.69) is 15.1 Å². The molecular weight excluding hydrogens is 474 g/mol. The molecule has 188 valence electrons. The number of hydrogen-bond acceptors (Lipinski definition) is 8. The number of carbonyl (C=O) groups excluding carboxylic acids is 1. The van der Waals surface area contributed by atoms with Crippen LogP contribution in [0, 0.1) is 10.1 Å². The summed E-state index contributed by atoms with van der Waals surface area (Å²) in [5, 5.41) is 19.2. The Morgan fingerprint density at radius 1 is 1.23 bits per heavy atom. The van der Waals surface area contributed by atoms with Crippen LogP contribution in [0.1, 0.15) is 19.3 Å². The fraction of sp³-hybridized carbons (Fsp3) is 0.458. The molecule has 1 fully saturated rings. The van der Waals surface area contributed by atoms with E-state index in [1.54, 1.807) is 14.2 Å². The minimum atomic E-state index is -0.515. The number of nitro groups is 1. The number of ether oxygens (including phenoxy) is 2. The molecule has 0 aliphatic carbocycles. The Hall–Kier alpha value is -3.08. The lowest BCUT2D eigenvalue weighted by Gasteiger charge is -2.25. The molecule has 2 unspecified atom stereocenters. The molecule has 3 rings (SSSR count). The van der Waals surface area contributed by atoms with Crippen LogP contribution in [-0.4, -0.2) is 68.8 Å². The minimum absolute atomic E-state index is 0.0638. The van der Waals surface area contributed by atoms with Gasteiger partial charge >= 0.3 is 0 Å². The van der Waals surface area contributed by atoms with Gasteiger partial charge in [-0.25, -0.2) is 0 Å². The summed E-state index contributed by atoms with van der Waals surface area (Å²) in [4.78, 5) is 27.0. The number of nitro benzene ring substituents is 1. The predicted molar refractivity (Wildman–Crippen MR) is 134 cm³/mol. The standard InChI is InChI=1S/C24H30ClN5O5/c1-28(12-4-5-24(31)29-15-21(35-3)13-20(29)16-34-2)18-8-6-17(7-9-18)26-27-23-11-10-19(30(32)33)14-22(23)25/h6-11,14,20-21H,4-5,12-13,15-16H2,1-3H3. The van der Waals surface area contributed by atoms with Crippen molar-refractivity contribution in [3.05, 3.63) is 57.6 Å². The van der Waals surface area contributed by atoms with Gasteiger partial charge in [-0.05, 0) is 43.2 Å². The average molecular weight is 504 g/mol. The first-order chi connectivity index (χ1) is 16.8. The Balaban J connectivity index is 1.50. The highest BCUT2D eigenvalue weighted by molar-refractivity contribution is 6.33. The van der Waals surface area contributed by atoms with E-state index >= 15 is 0 Å². The SMILES string of the molecule is COCC1CC(OC)CN1C(=O)CCCN(C)c1ccc(N=Nc2ccc([N+](=O)[O-])cc2Cl)cc1. The van der Waals surface area contributed by atoms with Gasteiger partial charge in [0, 0.05) is 58.6 Å². The molecule has 1 saturated heterocycles. The van der Waals surface area contributed by atoms with Crippen molar-refractivity contribution in [1.29, 1.82) is 0 Å². The zero-order chi connectivity index (χ0) is 25.4. The van der Waals surface area contributed by atoms with Crippen LogP contribution >= 0.6 is 11.6 Å². The van der Waals surface area contributed by atoms with Crippen LogP contribution in [0.4, 0.5) is 22.7 Å². The van der Waals surface area contributed by atoms with Crippen LogP contribution in [0.2, 0.25) is 5.02 Å². The van der Waals surface area contributed by atoms with Gasteiger partial charge in [0.2, 0.25) is 5.91 Å². The Morgan fingerprint density at radius 2 is 1.97 bits per heavy atom. The maximum atomic E-state index is 12.8. The molecule has 0 aromatic heterocycles. The third kappa shape index (κ3) is 7.20. The van der Waals surface area contributed by atoms with Crippen molar-refractivity contribution in [1.82, 2.24) is 4.90 Å². The molecule has 2 aromatic carbocycles. The predicted octanol–water partition coefficient (Wildman–Crippen LogP) is 5.14. The third-order valence-corrected chi connectivity index (χ3v) is 6.28.